The highest BCUT2D eigenvalue weighted by Gasteiger charge is 2.03. The zero-order valence-corrected chi connectivity index (χ0v) is 9.25. The molecule has 0 aliphatic carbocycles. The van der Waals surface area contributed by atoms with Crippen molar-refractivity contribution in [3.63, 3.8) is 0 Å². The maximum absolute atomic E-state index is 11.1. The number of hydrogen-bond acceptors (Lipinski definition) is 2. The summed E-state index contributed by atoms with van der Waals surface area (Å²) in [6, 6.07) is 11.0. The Balaban J connectivity index is 2.38. The van der Waals surface area contributed by atoms with Gasteiger partial charge in [-0.25, -0.2) is 0 Å². The van der Waals surface area contributed by atoms with E-state index < -0.39 is 5.91 Å². The highest BCUT2D eigenvalue weighted by Crippen LogP contribution is 2.09. The Kier molecular flexibility index (Phi) is 3.04. The van der Waals surface area contributed by atoms with Crippen LogP contribution in [0, 0.1) is 11.8 Å². The van der Waals surface area contributed by atoms with Gasteiger partial charge in [-0.15, -0.1) is 11.3 Å². The molecule has 1 heterocycles. The Morgan fingerprint density at radius 3 is 2.62 bits per heavy atom. The van der Waals surface area contributed by atoms with E-state index in [0.29, 0.717) is 11.1 Å². The largest absolute Gasteiger partial charge is 0.366 e. The molecule has 0 spiro atoms. The number of thiophene rings is 1. The lowest BCUT2D eigenvalue weighted by Crippen LogP contribution is -2.12. The van der Waals surface area contributed by atoms with Crippen LogP contribution in [0.4, 0.5) is 0 Å². The molecule has 0 radical (unpaired) electrons. The van der Waals surface area contributed by atoms with E-state index in [0.717, 1.165) is 4.88 Å². The molecule has 2 rings (SSSR count). The maximum atomic E-state index is 11.1. The van der Waals surface area contributed by atoms with Crippen LogP contribution in [0.25, 0.3) is 0 Å². The van der Waals surface area contributed by atoms with Crippen LogP contribution in [0.1, 0.15) is 20.8 Å². The SMILES string of the molecule is NC(=O)c1ccccc1C#Cc1cccs1. The van der Waals surface area contributed by atoms with Gasteiger partial charge in [-0.2, -0.15) is 0 Å². The molecule has 1 amide bonds. The second-order valence-corrected chi connectivity index (χ2v) is 4.08. The summed E-state index contributed by atoms with van der Waals surface area (Å²) in [6.07, 6.45) is 0. The first-order valence-electron chi connectivity index (χ1n) is 4.72. The van der Waals surface area contributed by atoms with Crippen LogP contribution in [0.3, 0.4) is 0 Å². The molecule has 0 saturated heterocycles. The molecule has 3 heteroatoms. The average Bonchev–Trinajstić information content (AvgIpc) is 2.79. The van der Waals surface area contributed by atoms with Crippen molar-refractivity contribution >= 4 is 17.2 Å². The van der Waals surface area contributed by atoms with Crippen LogP contribution in [0.5, 0.6) is 0 Å². The molecule has 1 aromatic heterocycles. The van der Waals surface area contributed by atoms with Crippen LogP contribution >= 0.6 is 11.3 Å². The van der Waals surface area contributed by atoms with Gasteiger partial charge in [-0.05, 0) is 23.6 Å². The number of carbonyl (C=O) groups is 1. The molecule has 1 aromatic carbocycles. The van der Waals surface area contributed by atoms with Crippen molar-refractivity contribution < 1.29 is 4.79 Å². The number of nitrogens with two attached hydrogens (primary N) is 1. The van der Waals surface area contributed by atoms with E-state index >= 15 is 0 Å². The first-order valence-corrected chi connectivity index (χ1v) is 5.59. The van der Waals surface area contributed by atoms with Crippen LogP contribution < -0.4 is 5.73 Å². The van der Waals surface area contributed by atoms with E-state index in [1.54, 1.807) is 29.5 Å². The van der Waals surface area contributed by atoms with Gasteiger partial charge in [0.25, 0.3) is 0 Å². The highest BCUT2D eigenvalue weighted by molar-refractivity contribution is 7.10. The predicted octanol–water partition coefficient (Wildman–Crippen LogP) is 2.25. The monoisotopic (exact) mass is 227 g/mol. The normalized spacial score (nSPS) is 9.25. The van der Waals surface area contributed by atoms with E-state index in [4.69, 9.17) is 5.73 Å². The van der Waals surface area contributed by atoms with Crippen molar-refractivity contribution in [2.24, 2.45) is 5.73 Å². The van der Waals surface area contributed by atoms with Gasteiger partial charge in [-0.1, -0.05) is 30.0 Å². The fourth-order valence-electron chi connectivity index (χ4n) is 1.29. The second kappa shape index (κ2) is 4.65. The Morgan fingerprint density at radius 2 is 1.94 bits per heavy atom. The van der Waals surface area contributed by atoms with Crippen molar-refractivity contribution in [1.82, 2.24) is 0 Å². The molecule has 0 fully saturated rings. The Hall–Kier alpha value is -2.05. The summed E-state index contributed by atoms with van der Waals surface area (Å²) in [5.74, 6) is 5.51. The number of primary amides is 1. The number of carbonyl (C=O) groups excluding carboxylic acids is 1. The molecule has 0 atom stereocenters. The molecule has 0 saturated carbocycles. The Morgan fingerprint density at radius 1 is 1.12 bits per heavy atom. The fraction of sp³-hybridized carbons (Fsp3) is 0. The molecule has 2 aromatic rings. The van der Waals surface area contributed by atoms with Gasteiger partial charge in [0.2, 0.25) is 5.91 Å². The third kappa shape index (κ3) is 2.30. The molecule has 2 nitrogen and oxygen atoms in total. The first kappa shape index (κ1) is 10.5. The van der Waals surface area contributed by atoms with Crippen molar-refractivity contribution in [2.45, 2.75) is 0 Å². The van der Waals surface area contributed by atoms with E-state index in [1.165, 1.54) is 0 Å². The summed E-state index contributed by atoms with van der Waals surface area (Å²) in [5.41, 5.74) is 6.39. The maximum Gasteiger partial charge on any atom is 0.249 e. The standard InChI is InChI=1S/C13H9NOS/c14-13(15)12-6-2-1-4-10(12)7-8-11-5-3-9-16-11/h1-6,9H,(H2,14,15). The quantitative estimate of drug-likeness (QED) is 0.746. The lowest BCUT2D eigenvalue weighted by atomic mass is 10.1. The van der Waals surface area contributed by atoms with Gasteiger partial charge in [0, 0.05) is 5.56 Å². The number of rotatable bonds is 1. The van der Waals surface area contributed by atoms with Gasteiger partial charge in [0.1, 0.15) is 0 Å². The van der Waals surface area contributed by atoms with Crippen molar-refractivity contribution in [1.29, 1.82) is 0 Å². The van der Waals surface area contributed by atoms with Gasteiger partial charge in [0.15, 0.2) is 0 Å². The summed E-state index contributed by atoms with van der Waals surface area (Å²) in [4.78, 5) is 12.1. The average molecular weight is 227 g/mol. The molecule has 0 unspecified atom stereocenters. The van der Waals surface area contributed by atoms with E-state index in [9.17, 15) is 4.79 Å². The summed E-state index contributed by atoms with van der Waals surface area (Å²) in [7, 11) is 0. The molecular formula is C13H9NOS. The lowest BCUT2D eigenvalue weighted by Gasteiger charge is -1.97. The van der Waals surface area contributed by atoms with Crippen molar-refractivity contribution in [2.75, 3.05) is 0 Å². The zero-order valence-electron chi connectivity index (χ0n) is 8.44. The van der Waals surface area contributed by atoms with Gasteiger partial charge in [0.05, 0.1) is 10.4 Å². The van der Waals surface area contributed by atoms with Crippen LogP contribution in [-0.4, -0.2) is 5.91 Å². The van der Waals surface area contributed by atoms with Crippen molar-refractivity contribution in [3.05, 3.63) is 57.8 Å². The second-order valence-electron chi connectivity index (χ2n) is 3.14. The molecule has 2 N–H and O–H groups in total. The molecule has 16 heavy (non-hydrogen) atoms. The molecular weight excluding hydrogens is 218 g/mol. The first-order chi connectivity index (χ1) is 7.77. The smallest absolute Gasteiger partial charge is 0.249 e. The number of hydrogen-bond donors (Lipinski definition) is 1. The third-order valence-electron chi connectivity index (χ3n) is 2.03. The summed E-state index contributed by atoms with van der Waals surface area (Å²) in [5, 5.41) is 1.96. The third-order valence-corrected chi connectivity index (χ3v) is 2.82. The van der Waals surface area contributed by atoms with Gasteiger partial charge in [-0.3, -0.25) is 4.79 Å². The fourth-order valence-corrected chi connectivity index (χ4v) is 1.86. The molecule has 78 valence electrons. The number of benzene rings is 1. The number of amides is 1. The minimum absolute atomic E-state index is 0.448. The summed E-state index contributed by atoms with van der Waals surface area (Å²) >= 11 is 1.57. The lowest BCUT2D eigenvalue weighted by molar-refractivity contribution is 0.1000. The minimum atomic E-state index is -0.448. The minimum Gasteiger partial charge on any atom is -0.366 e. The van der Waals surface area contributed by atoms with Crippen molar-refractivity contribution in [3.8, 4) is 11.8 Å². The van der Waals surface area contributed by atoms with Gasteiger partial charge < -0.3 is 5.73 Å². The molecule has 0 aliphatic heterocycles. The summed E-state index contributed by atoms with van der Waals surface area (Å²) < 4.78 is 0. The predicted molar refractivity (Wildman–Crippen MR) is 65.3 cm³/mol. The van der Waals surface area contributed by atoms with E-state index in [2.05, 4.69) is 11.8 Å². The van der Waals surface area contributed by atoms with Crippen LogP contribution in [0.2, 0.25) is 0 Å². The molecule has 0 bridgehead atoms. The van der Waals surface area contributed by atoms with Gasteiger partial charge >= 0.3 is 0 Å². The van der Waals surface area contributed by atoms with Crippen LogP contribution in [0.15, 0.2) is 41.8 Å². The highest BCUT2D eigenvalue weighted by atomic mass is 32.1. The molecule has 0 aliphatic rings. The van der Waals surface area contributed by atoms with Crippen LogP contribution in [-0.2, 0) is 0 Å². The van der Waals surface area contributed by atoms with E-state index in [1.807, 2.05) is 23.6 Å². The van der Waals surface area contributed by atoms with E-state index in [-0.39, 0.29) is 0 Å². The Labute approximate surface area is 97.7 Å². The topological polar surface area (TPSA) is 43.1 Å². The summed E-state index contributed by atoms with van der Waals surface area (Å²) in [6.45, 7) is 0. The zero-order chi connectivity index (χ0) is 11.4. The Bertz CT molecular complexity index is 561.